The molecule has 1 amide bonds. The van der Waals surface area contributed by atoms with Crippen LogP contribution in [0.1, 0.15) is 72.1 Å². The Balaban J connectivity index is 1.92. The van der Waals surface area contributed by atoms with Gasteiger partial charge in [0.15, 0.2) is 5.78 Å². The Bertz CT molecular complexity index is 638. The van der Waals surface area contributed by atoms with Gasteiger partial charge in [-0.05, 0) is 50.0 Å². The monoisotopic (exact) mass is 302 g/mol. The van der Waals surface area contributed by atoms with E-state index in [0.29, 0.717) is 18.0 Å². The van der Waals surface area contributed by atoms with Gasteiger partial charge in [-0.2, -0.15) is 0 Å². The average Bonchev–Trinajstić information content (AvgIpc) is 3.20. The molecule has 0 aromatic carbocycles. The Morgan fingerprint density at radius 1 is 1.32 bits per heavy atom. The van der Waals surface area contributed by atoms with Crippen LogP contribution in [0, 0.1) is 18.3 Å². The van der Waals surface area contributed by atoms with E-state index in [4.69, 9.17) is 0 Å². The van der Waals surface area contributed by atoms with Crippen LogP contribution in [-0.2, 0) is 6.42 Å². The smallest absolute Gasteiger partial charge is 0.270 e. The van der Waals surface area contributed by atoms with Crippen LogP contribution < -0.4 is 0 Å². The molecule has 0 radical (unpaired) electrons. The van der Waals surface area contributed by atoms with E-state index in [2.05, 4.69) is 25.8 Å². The standard InChI is InChI=1S/C18H26N2O2/c1-10-15-13(8-18(3,4)9-14(15)21)19-16(10)17(22)20(5)11(2)12-6-7-12/h11-12,19H,6-9H2,1-5H3. The molecule has 1 unspecified atom stereocenters. The van der Waals surface area contributed by atoms with E-state index >= 15 is 0 Å². The highest BCUT2D eigenvalue weighted by molar-refractivity contribution is 6.04. The van der Waals surface area contributed by atoms with Crippen molar-refractivity contribution in [3.05, 3.63) is 22.5 Å². The van der Waals surface area contributed by atoms with Crippen molar-refractivity contribution in [2.45, 2.75) is 59.4 Å². The Morgan fingerprint density at radius 2 is 1.95 bits per heavy atom. The first kappa shape index (κ1) is 15.3. The molecule has 1 saturated carbocycles. The van der Waals surface area contributed by atoms with Crippen LogP contribution in [0.25, 0.3) is 0 Å². The third-order valence-corrected chi connectivity index (χ3v) is 5.35. The molecular formula is C18H26N2O2. The van der Waals surface area contributed by atoms with Gasteiger partial charge in [0, 0.05) is 30.8 Å². The predicted octanol–water partition coefficient (Wildman–Crippen LogP) is 3.35. The van der Waals surface area contributed by atoms with E-state index in [-0.39, 0.29) is 23.1 Å². The lowest BCUT2D eigenvalue weighted by molar-refractivity contribution is 0.0721. The maximum Gasteiger partial charge on any atom is 0.270 e. The number of hydrogen-bond donors (Lipinski definition) is 1. The number of aromatic amines is 1. The van der Waals surface area contributed by atoms with Crippen molar-refractivity contribution in [3.8, 4) is 0 Å². The van der Waals surface area contributed by atoms with Gasteiger partial charge in [-0.25, -0.2) is 0 Å². The second-order valence-corrected chi connectivity index (χ2v) is 7.91. The normalized spacial score (nSPS) is 21.4. The fraction of sp³-hybridized carbons (Fsp3) is 0.667. The number of H-pyrrole nitrogens is 1. The molecule has 4 nitrogen and oxygen atoms in total. The quantitative estimate of drug-likeness (QED) is 0.931. The number of Topliss-reactive ketones (excluding diaryl/α,β-unsaturated/α-hetero) is 1. The largest absolute Gasteiger partial charge is 0.354 e. The van der Waals surface area contributed by atoms with Gasteiger partial charge in [-0.15, -0.1) is 0 Å². The van der Waals surface area contributed by atoms with Crippen LogP contribution >= 0.6 is 0 Å². The molecule has 1 N–H and O–H groups in total. The Labute approximate surface area is 132 Å². The number of ketones is 1. The van der Waals surface area contributed by atoms with E-state index < -0.39 is 0 Å². The molecule has 0 spiro atoms. The number of hydrogen-bond acceptors (Lipinski definition) is 2. The van der Waals surface area contributed by atoms with Gasteiger partial charge in [0.1, 0.15) is 5.69 Å². The molecule has 2 aliphatic rings. The van der Waals surface area contributed by atoms with Crippen molar-refractivity contribution in [1.82, 2.24) is 9.88 Å². The van der Waals surface area contributed by atoms with Crippen LogP contribution in [0.2, 0.25) is 0 Å². The molecule has 22 heavy (non-hydrogen) atoms. The molecule has 0 aliphatic heterocycles. The first-order chi connectivity index (χ1) is 10.2. The third kappa shape index (κ3) is 2.49. The zero-order valence-corrected chi connectivity index (χ0v) is 14.2. The van der Waals surface area contributed by atoms with Crippen molar-refractivity contribution in [1.29, 1.82) is 0 Å². The van der Waals surface area contributed by atoms with Gasteiger partial charge in [-0.1, -0.05) is 13.8 Å². The zero-order chi connectivity index (χ0) is 16.2. The fourth-order valence-electron chi connectivity index (χ4n) is 3.70. The highest BCUT2D eigenvalue weighted by Gasteiger charge is 2.37. The number of carbonyl (C=O) groups is 2. The zero-order valence-electron chi connectivity index (χ0n) is 14.2. The van der Waals surface area contributed by atoms with Crippen molar-refractivity contribution >= 4 is 11.7 Å². The maximum atomic E-state index is 12.8. The van der Waals surface area contributed by atoms with Gasteiger partial charge in [0.2, 0.25) is 0 Å². The number of fused-ring (bicyclic) bond motifs is 1. The lowest BCUT2D eigenvalue weighted by Crippen LogP contribution is -2.37. The Hall–Kier alpha value is -1.58. The van der Waals surface area contributed by atoms with Crippen molar-refractivity contribution in [3.63, 3.8) is 0 Å². The molecule has 3 rings (SSSR count). The summed E-state index contributed by atoms with van der Waals surface area (Å²) in [4.78, 5) is 30.3. The number of nitrogens with zero attached hydrogens (tertiary/aromatic N) is 1. The number of nitrogens with one attached hydrogen (secondary N) is 1. The first-order valence-electron chi connectivity index (χ1n) is 8.23. The molecule has 1 fully saturated rings. The van der Waals surface area contributed by atoms with Crippen LogP contribution in [0.4, 0.5) is 0 Å². The number of carbonyl (C=O) groups excluding carboxylic acids is 2. The summed E-state index contributed by atoms with van der Waals surface area (Å²) in [5.41, 5.74) is 3.10. The molecule has 1 heterocycles. The van der Waals surface area contributed by atoms with Gasteiger partial charge in [0.05, 0.1) is 0 Å². The molecular weight excluding hydrogens is 276 g/mol. The minimum absolute atomic E-state index is 0.0110. The van der Waals surface area contributed by atoms with Gasteiger partial charge in [0.25, 0.3) is 5.91 Å². The van der Waals surface area contributed by atoms with Crippen LogP contribution in [0.15, 0.2) is 0 Å². The summed E-state index contributed by atoms with van der Waals surface area (Å²) in [7, 11) is 1.87. The Morgan fingerprint density at radius 3 is 2.55 bits per heavy atom. The van der Waals surface area contributed by atoms with Crippen molar-refractivity contribution < 1.29 is 9.59 Å². The number of rotatable bonds is 3. The molecule has 0 bridgehead atoms. The molecule has 1 atom stereocenters. The highest BCUT2D eigenvalue weighted by atomic mass is 16.2. The minimum Gasteiger partial charge on any atom is -0.354 e. The van der Waals surface area contributed by atoms with Crippen LogP contribution in [0.5, 0.6) is 0 Å². The van der Waals surface area contributed by atoms with E-state index in [1.165, 1.54) is 12.8 Å². The molecule has 2 aliphatic carbocycles. The Kier molecular flexibility index (Phi) is 3.46. The predicted molar refractivity (Wildman–Crippen MR) is 86.2 cm³/mol. The molecule has 0 saturated heterocycles. The van der Waals surface area contributed by atoms with Gasteiger partial charge in [-0.3, -0.25) is 9.59 Å². The van der Waals surface area contributed by atoms with Crippen molar-refractivity contribution in [2.24, 2.45) is 11.3 Å². The molecule has 120 valence electrons. The van der Waals surface area contributed by atoms with E-state index in [1.54, 1.807) is 0 Å². The third-order valence-electron chi connectivity index (χ3n) is 5.35. The number of aromatic nitrogens is 1. The minimum atomic E-state index is -0.0328. The second kappa shape index (κ2) is 4.97. The summed E-state index contributed by atoms with van der Waals surface area (Å²) >= 11 is 0. The summed E-state index contributed by atoms with van der Waals surface area (Å²) in [5, 5.41) is 0. The summed E-state index contributed by atoms with van der Waals surface area (Å²) in [6, 6.07) is 0.263. The van der Waals surface area contributed by atoms with E-state index in [1.807, 2.05) is 18.9 Å². The maximum absolute atomic E-state index is 12.8. The molecule has 1 aromatic rings. The molecule has 4 heteroatoms. The summed E-state index contributed by atoms with van der Waals surface area (Å²) in [6.45, 7) is 8.22. The summed E-state index contributed by atoms with van der Waals surface area (Å²) in [5.74, 6) is 0.813. The average molecular weight is 302 g/mol. The summed E-state index contributed by atoms with van der Waals surface area (Å²) < 4.78 is 0. The second-order valence-electron chi connectivity index (χ2n) is 7.91. The lowest BCUT2D eigenvalue weighted by atomic mass is 9.75. The molecule has 1 aromatic heterocycles. The fourth-order valence-corrected chi connectivity index (χ4v) is 3.70. The van der Waals surface area contributed by atoms with Crippen LogP contribution in [0.3, 0.4) is 0 Å². The SMILES string of the molecule is Cc1c(C(=O)N(C)C(C)C2CC2)[nH]c2c1C(=O)CC(C)(C)C2. The van der Waals surface area contributed by atoms with Gasteiger partial charge < -0.3 is 9.88 Å². The van der Waals surface area contributed by atoms with E-state index in [0.717, 1.165) is 23.2 Å². The highest BCUT2D eigenvalue weighted by Crippen LogP contribution is 2.38. The number of amides is 1. The van der Waals surface area contributed by atoms with E-state index in [9.17, 15) is 9.59 Å². The first-order valence-corrected chi connectivity index (χ1v) is 8.23. The topological polar surface area (TPSA) is 53.2 Å². The summed E-state index contributed by atoms with van der Waals surface area (Å²) in [6.07, 6.45) is 3.81. The lowest BCUT2D eigenvalue weighted by Gasteiger charge is -2.28. The van der Waals surface area contributed by atoms with Crippen molar-refractivity contribution in [2.75, 3.05) is 7.05 Å². The van der Waals surface area contributed by atoms with Crippen LogP contribution in [-0.4, -0.2) is 34.7 Å². The van der Waals surface area contributed by atoms with Gasteiger partial charge >= 0.3 is 0 Å².